The van der Waals surface area contributed by atoms with E-state index in [2.05, 4.69) is 5.10 Å². The van der Waals surface area contributed by atoms with Crippen molar-refractivity contribution >= 4 is 29.5 Å². The fourth-order valence-electron chi connectivity index (χ4n) is 3.62. The fraction of sp³-hybridized carbons (Fsp3) is 0.476. The molecule has 9 heteroatoms. The van der Waals surface area contributed by atoms with E-state index in [0.29, 0.717) is 18.9 Å². The third kappa shape index (κ3) is 4.87. The number of esters is 1. The Balaban J connectivity index is 1.66. The van der Waals surface area contributed by atoms with Crippen LogP contribution in [0.4, 0.5) is 10.6 Å². The number of aromatic nitrogens is 2. The Morgan fingerprint density at radius 1 is 1.27 bits per heavy atom. The minimum absolute atomic E-state index is 0.0194. The molecule has 0 saturated carbocycles. The summed E-state index contributed by atoms with van der Waals surface area (Å²) in [6.45, 7) is 3.37. The highest BCUT2D eigenvalue weighted by atomic mass is 35.5. The van der Waals surface area contributed by atoms with Crippen molar-refractivity contribution in [3.63, 3.8) is 0 Å². The molecule has 1 saturated heterocycles. The van der Waals surface area contributed by atoms with Crippen molar-refractivity contribution in [3.05, 3.63) is 46.6 Å². The van der Waals surface area contributed by atoms with E-state index in [1.165, 1.54) is 0 Å². The van der Waals surface area contributed by atoms with Crippen LogP contribution in [0.1, 0.15) is 35.8 Å². The van der Waals surface area contributed by atoms with Gasteiger partial charge in [-0.25, -0.2) is 9.59 Å². The number of carbonyl (C=O) groups is 2. The van der Waals surface area contributed by atoms with E-state index in [0.717, 1.165) is 18.4 Å². The lowest BCUT2D eigenvalue weighted by atomic mass is 10.0. The van der Waals surface area contributed by atoms with Crippen LogP contribution in [0.25, 0.3) is 0 Å². The van der Waals surface area contributed by atoms with E-state index in [1.807, 2.05) is 42.3 Å². The summed E-state index contributed by atoms with van der Waals surface area (Å²) < 4.78 is 12.1. The summed E-state index contributed by atoms with van der Waals surface area (Å²) in [4.78, 5) is 28.3. The first-order valence-corrected chi connectivity index (χ1v) is 10.4. The van der Waals surface area contributed by atoms with Crippen molar-refractivity contribution in [1.82, 2.24) is 14.7 Å². The van der Waals surface area contributed by atoms with E-state index < -0.39 is 5.97 Å². The van der Waals surface area contributed by atoms with Crippen LogP contribution < -0.4 is 4.90 Å². The summed E-state index contributed by atoms with van der Waals surface area (Å²) in [5.41, 5.74) is 1.04. The number of aryl methyl sites for hydroxylation is 1. The van der Waals surface area contributed by atoms with Gasteiger partial charge in [0.15, 0.2) is 5.69 Å². The molecule has 8 nitrogen and oxygen atoms in total. The first-order valence-electron chi connectivity index (χ1n) is 10.0. The molecule has 1 aromatic heterocycles. The first-order chi connectivity index (χ1) is 14.4. The minimum atomic E-state index is -0.549. The number of anilines is 1. The molecule has 2 heterocycles. The molecule has 3 rings (SSSR count). The minimum Gasteiger partial charge on any atom is -0.461 e. The average Bonchev–Trinajstić information content (AvgIpc) is 3.06. The lowest BCUT2D eigenvalue weighted by Crippen LogP contribution is -2.49. The van der Waals surface area contributed by atoms with Gasteiger partial charge in [0.25, 0.3) is 0 Å². The molecule has 0 unspecified atom stereocenters. The number of halogens is 1. The van der Waals surface area contributed by atoms with E-state index in [-0.39, 0.29) is 36.1 Å². The lowest BCUT2D eigenvalue weighted by Gasteiger charge is -2.38. The monoisotopic (exact) mass is 434 g/mol. The van der Waals surface area contributed by atoms with Crippen LogP contribution in [0.2, 0.25) is 5.02 Å². The summed E-state index contributed by atoms with van der Waals surface area (Å²) in [7, 11) is 3.62. The predicted molar refractivity (Wildman–Crippen MR) is 114 cm³/mol. The molecule has 2 aromatic rings. The molecule has 30 heavy (non-hydrogen) atoms. The predicted octanol–water partition coefficient (Wildman–Crippen LogP) is 3.49. The largest absolute Gasteiger partial charge is 0.461 e. The summed E-state index contributed by atoms with van der Waals surface area (Å²) in [6.07, 6.45) is 1.39. The molecule has 1 aromatic carbocycles. The summed E-state index contributed by atoms with van der Waals surface area (Å²) in [5, 5.41) is 4.48. The van der Waals surface area contributed by atoms with Crippen molar-refractivity contribution in [2.75, 3.05) is 31.6 Å². The highest BCUT2D eigenvalue weighted by Gasteiger charge is 2.31. The molecule has 1 aliphatic heterocycles. The van der Waals surface area contributed by atoms with Gasteiger partial charge in [-0.15, -0.1) is 0 Å². The quantitative estimate of drug-likeness (QED) is 0.648. The zero-order valence-electron chi connectivity index (χ0n) is 17.5. The number of nitrogens with zero attached hydrogens (tertiary/aromatic N) is 4. The standard InChI is InChI=1S/C21H27ClN4O4/c1-4-29-20(27)18-17(22)19(25(3)23-18)24(2)16-11-8-12-26(13-16)21(28)30-14-15-9-6-5-7-10-15/h5-7,9-10,16H,4,8,11-14H2,1-3H3/t16-/m0/s1. The zero-order chi connectivity index (χ0) is 21.7. The van der Waals surface area contributed by atoms with Crippen molar-refractivity contribution in [1.29, 1.82) is 0 Å². The molecular weight excluding hydrogens is 408 g/mol. The number of carbonyl (C=O) groups excluding carboxylic acids is 2. The summed E-state index contributed by atoms with van der Waals surface area (Å²) in [5.74, 6) is 0.0664. The average molecular weight is 435 g/mol. The number of rotatable bonds is 6. The first kappa shape index (κ1) is 22.0. The van der Waals surface area contributed by atoms with Gasteiger partial charge in [0.1, 0.15) is 17.4 Å². The number of likely N-dealkylation sites (tertiary alicyclic amines) is 1. The van der Waals surface area contributed by atoms with Gasteiger partial charge in [0.2, 0.25) is 0 Å². The molecule has 1 aliphatic rings. The van der Waals surface area contributed by atoms with Crippen molar-refractivity contribution in [2.45, 2.75) is 32.4 Å². The SMILES string of the molecule is CCOC(=O)c1nn(C)c(N(C)[C@H]2CCCN(C(=O)OCc3ccccc3)C2)c1Cl. The van der Waals surface area contributed by atoms with E-state index >= 15 is 0 Å². The number of hydrogen-bond acceptors (Lipinski definition) is 6. The lowest BCUT2D eigenvalue weighted by molar-refractivity contribution is 0.0518. The van der Waals surface area contributed by atoms with Gasteiger partial charge in [-0.2, -0.15) is 5.10 Å². The molecule has 0 radical (unpaired) electrons. The van der Waals surface area contributed by atoms with Crippen molar-refractivity contribution in [3.8, 4) is 0 Å². The molecule has 1 fully saturated rings. The van der Waals surface area contributed by atoms with Crippen LogP contribution in [0, 0.1) is 0 Å². The van der Waals surface area contributed by atoms with Gasteiger partial charge >= 0.3 is 12.1 Å². The summed E-state index contributed by atoms with van der Waals surface area (Å²) in [6, 6.07) is 9.62. The number of ether oxygens (including phenoxy) is 2. The maximum atomic E-state index is 12.6. The van der Waals surface area contributed by atoms with Crippen LogP contribution in [0.15, 0.2) is 30.3 Å². The molecule has 1 amide bonds. The van der Waals surface area contributed by atoms with E-state index in [1.54, 1.807) is 23.6 Å². The molecule has 0 N–H and O–H groups in total. The number of likely N-dealkylation sites (N-methyl/N-ethyl adjacent to an activating group) is 1. The van der Waals surface area contributed by atoms with Gasteiger partial charge in [-0.05, 0) is 25.3 Å². The van der Waals surface area contributed by atoms with Crippen LogP contribution in [0.3, 0.4) is 0 Å². The highest BCUT2D eigenvalue weighted by molar-refractivity contribution is 6.35. The Bertz CT molecular complexity index is 887. The van der Waals surface area contributed by atoms with E-state index in [9.17, 15) is 9.59 Å². The number of piperidine rings is 1. The van der Waals surface area contributed by atoms with Crippen LogP contribution in [-0.2, 0) is 23.1 Å². The van der Waals surface area contributed by atoms with Gasteiger partial charge in [0, 0.05) is 33.2 Å². The molecule has 0 aliphatic carbocycles. The molecule has 162 valence electrons. The second kappa shape index (κ2) is 9.84. The normalized spacial score (nSPS) is 16.3. The number of amides is 1. The van der Waals surface area contributed by atoms with Crippen molar-refractivity contribution < 1.29 is 19.1 Å². The van der Waals surface area contributed by atoms with E-state index in [4.69, 9.17) is 21.1 Å². The van der Waals surface area contributed by atoms with Crippen LogP contribution in [-0.4, -0.2) is 59.5 Å². The summed E-state index contributed by atoms with van der Waals surface area (Å²) >= 11 is 6.46. The number of benzene rings is 1. The Kier molecular flexibility index (Phi) is 7.20. The highest BCUT2D eigenvalue weighted by Crippen LogP contribution is 2.31. The maximum absolute atomic E-state index is 12.6. The van der Waals surface area contributed by atoms with Crippen LogP contribution in [0.5, 0.6) is 0 Å². The molecule has 1 atom stereocenters. The van der Waals surface area contributed by atoms with Gasteiger partial charge in [0.05, 0.1) is 6.61 Å². The maximum Gasteiger partial charge on any atom is 0.410 e. The van der Waals surface area contributed by atoms with Crippen LogP contribution >= 0.6 is 11.6 Å². The molecular formula is C21H27ClN4O4. The fourth-order valence-corrected chi connectivity index (χ4v) is 3.99. The van der Waals surface area contributed by atoms with Gasteiger partial charge in [-0.1, -0.05) is 41.9 Å². The molecule has 0 spiro atoms. The Labute approximate surface area is 181 Å². The second-order valence-electron chi connectivity index (χ2n) is 7.22. The third-order valence-electron chi connectivity index (χ3n) is 5.17. The second-order valence-corrected chi connectivity index (χ2v) is 7.60. The molecule has 0 bridgehead atoms. The van der Waals surface area contributed by atoms with Crippen molar-refractivity contribution in [2.24, 2.45) is 7.05 Å². The zero-order valence-corrected chi connectivity index (χ0v) is 18.3. The topological polar surface area (TPSA) is 76.9 Å². The Morgan fingerprint density at radius 3 is 2.70 bits per heavy atom. The Hall–Kier alpha value is -2.74. The smallest absolute Gasteiger partial charge is 0.410 e. The number of hydrogen-bond donors (Lipinski definition) is 0. The third-order valence-corrected chi connectivity index (χ3v) is 5.52. The van der Waals surface area contributed by atoms with Gasteiger partial charge in [-0.3, -0.25) is 4.68 Å². The Morgan fingerprint density at radius 2 is 2.00 bits per heavy atom. The van der Waals surface area contributed by atoms with Gasteiger partial charge < -0.3 is 19.3 Å².